The zero-order chi connectivity index (χ0) is 15.4. The SMILES string of the molecule is CCc1nsc(N(Cc2ccccc2)CC2(O)CCCC2)n1. The lowest BCUT2D eigenvalue weighted by atomic mass is 10.0. The lowest BCUT2D eigenvalue weighted by Gasteiger charge is -2.31. The maximum absolute atomic E-state index is 10.8. The predicted octanol–water partition coefficient (Wildman–Crippen LogP) is 3.41. The Kier molecular flexibility index (Phi) is 4.74. The van der Waals surface area contributed by atoms with Crippen molar-refractivity contribution in [2.75, 3.05) is 11.4 Å². The molecule has 1 aromatic carbocycles. The van der Waals surface area contributed by atoms with E-state index in [0.29, 0.717) is 6.54 Å². The Hall–Kier alpha value is -1.46. The predicted molar refractivity (Wildman–Crippen MR) is 90.2 cm³/mol. The van der Waals surface area contributed by atoms with Crippen LogP contribution in [-0.4, -0.2) is 26.6 Å². The van der Waals surface area contributed by atoms with Crippen molar-refractivity contribution in [3.63, 3.8) is 0 Å². The fraction of sp³-hybridized carbons (Fsp3) is 0.529. The van der Waals surface area contributed by atoms with E-state index in [1.807, 2.05) is 6.07 Å². The highest BCUT2D eigenvalue weighted by atomic mass is 32.1. The summed E-state index contributed by atoms with van der Waals surface area (Å²) in [5.74, 6) is 0.886. The zero-order valence-corrected chi connectivity index (χ0v) is 13.9. The monoisotopic (exact) mass is 317 g/mol. The summed E-state index contributed by atoms with van der Waals surface area (Å²) in [6, 6.07) is 10.4. The van der Waals surface area contributed by atoms with Gasteiger partial charge < -0.3 is 10.0 Å². The second-order valence-electron chi connectivity index (χ2n) is 6.12. The maximum Gasteiger partial charge on any atom is 0.205 e. The first-order valence-corrected chi connectivity index (χ1v) is 8.80. The van der Waals surface area contributed by atoms with Gasteiger partial charge in [-0.05, 0) is 18.4 Å². The molecule has 5 heteroatoms. The highest BCUT2D eigenvalue weighted by Gasteiger charge is 2.34. The Morgan fingerprint density at radius 2 is 1.95 bits per heavy atom. The standard InChI is InChI=1S/C17H23N3OS/c1-2-15-18-16(22-19-15)20(12-14-8-4-3-5-9-14)13-17(21)10-6-7-11-17/h3-5,8-9,21H,2,6-7,10-13H2,1H3. The molecule has 2 aromatic rings. The highest BCUT2D eigenvalue weighted by molar-refractivity contribution is 7.09. The zero-order valence-electron chi connectivity index (χ0n) is 13.0. The first-order chi connectivity index (χ1) is 10.7. The molecule has 1 fully saturated rings. The van der Waals surface area contributed by atoms with E-state index in [1.54, 1.807) is 0 Å². The molecule has 4 nitrogen and oxygen atoms in total. The number of hydrogen-bond donors (Lipinski definition) is 1. The minimum atomic E-state index is -0.577. The number of aryl methyl sites for hydroxylation is 1. The molecule has 1 heterocycles. The van der Waals surface area contributed by atoms with Gasteiger partial charge in [-0.3, -0.25) is 0 Å². The molecule has 1 aromatic heterocycles. The third-order valence-corrected chi connectivity index (χ3v) is 5.09. The van der Waals surface area contributed by atoms with Crippen LogP contribution in [0.2, 0.25) is 0 Å². The summed E-state index contributed by atoms with van der Waals surface area (Å²) in [5, 5.41) is 11.7. The van der Waals surface area contributed by atoms with Crippen LogP contribution in [0.25, 0.3) is 0 Å². The van der Waals surface area contributed by atoms with Crippen LogP contribution in [0.5, 0.6) is 0 Å². The second-order valence-corrected chi connectivity index (χ2v) is 6.85. The van der Waals surface area contributed by atoms with Crippen molar-refractivity contribution < 1.29 is 5.11 Å². The molecular weight excluding hydrogens is 294 g/mol. The Morgan fingerprint density at radius 1 is 1.23 bits per heavy atom. The van der Waals surface area contributed by atoms with Gasteiger partial charge in [0.15, 0.2) is 0 Å². The molecule has 0 saturated heterocycles. The van der Waals surface area contributed by atoms with Crippen LogP contribution in [0.3, 0.4) is 0 Å². The third kappa shape index (κ3) is 3.65. The van der Waals surface area contributed by atoms with E-state index in [1.165, 1.54) is 17.1 Å². The van der Waals surface area contributed by atoms with Crippen LogP contribution < -0.4 is 4.90 Å². The fourth-order valence-corrected chi connectivity index (χ4v) is 3.81. The summed E-state index contributed by atoms with van der Waals surface area (Å²) in [4.78, 5) is 6.81. The molecule has 118 valence electrons. The van der Waals surface area contributed by atoms with E-state index in [-0.39, 0.29) is 0 Å². The van der Waals surface area contributed by atoms with Gasteiger partial charge in [0, 0.05) is 31.0 Å². The van der Waals surface area contributed by atoms with Gasteiger partial charge in [-0.1, -0.05) is 50.1 Å². The average Bonchev–Trinajstić information content (AvgIpc) is 3.17. The van der Waals surface area contributed by atoms with Crippen LogP contribution in [0.1, 0.15) is 44.0 Å². The normalized spacial score (nSPS) is 16.8. The van der Waals surface area contributed by atoms with Gasteiger partial charge in [-0.2, -0.15) is 4.37 Å². The summed E-state index contributed by atoms with van der Waals surface area (Å²) in [6.07, 6.45) is 4.85. The first-order valence-electron chi connectivity index (χ1n) is 8.02. The van der Waals surface area contributed by atoms with Crippen molar-refractivity contribution in [3.05, 3.63) is 41.7 Å². The van der Waals surface area contributed by atoms with E-state index >= 15 is 0 Å². The molecule has 0 spiro atoms. The van der Waals surface area contributed by atoms with Crippen molar-refractivity contribution in [2.24, 2.45) is 0 Å². The molecule has 1 N–H and O–H groups in total. The van der Waals surface area contributed by atoms with Gasteiger partial charge in [-0.15, -0.1) is 0 Å². The summed E-state index contributed by atoms with van der Waals surface area (Å²) in [5.41, 5.74) is 0.657. The lowest BCUT2D eigenvalue weighted by Crippen LogP contribution is -2.41. The summed E-state index contributed by atoms with van der Waals surface area (Å²) < 4.78 is 4.40. The number of benzene rings is 1. The lowest BCUT2D eigenvalue weighted by molar-refractivity contribution is 0.0544. The van der Waals surface area contributed by atoms with Gasteiger partial charge in [0.05, 0.1) is 5.60 Å². The number of aromatic nitrogens is 2. The molecule has 0 unspecified atom stereocenters. The molecule has 1 saturated carbocycles. The molecule has 1 aliphatic rings. The highest BCUT2D eigenvalue weighted by Crippen LogP contribution is 2.32. The molecule has 3 rings (SSSR count). The maximum atomic E-state index is 10.8. The van der Waals surface area contributed by atoms with E-state index < -0.39 is 5.60 Å². The van der Waals surface area contributed by atoms with Crippen LogP contribution in [0, 0.1) is 0 Å². The Balaban J connectivity index is 1.81. The second kappa shape index (κ2) is 6.75. The molecule has 0 atom stereocenters. The number of aliphatic hydroxyl groups is 1. The van der Waals surface area contributed by atoms with E-state index in [4.69, 9.17) is 0 Å². The molecule has 1 aliphatic carbocycles. The third-order valence-electron chi connectivity index (χ3n) is 4.28. The van der Waals surface area contributed by atoms with Gasteiger partial charge >= 0.3 is 0 Å². The number of nitrogens with zero attached hydrogens (tertiary/aromatic N) is 3. The molecule has 22 heavy (non-hydrogen) atoms. The molecule has 0 radical (unpaired) electrons. The van der Waals surface area contributed by atoms with Gasteiger partial charge in [0.2, 0.25) is 5.13 Å². The van der Waals surface area contributed by atoms with Crippen LogP contribution in [-0.2, 0) is 13.0 Å². The van der Waals surface area contributed by atoms with E-state index in [9.17, 15) is 5.11 Å². The first kappa shape index (κ1) is 15.4. The Morgan fingerprint density at radius 3 is 2.59 bits per heavy atom. The largest absolute Gasteiger partial charge is 0.388 e. The number of hydrogen-bond acceptors (Lipinski definition) is 5. The van der Waals surface area contributed by atoms with Crippen molar-refractivity contribution in [2.45, 2.75) is 51.2 Å². The van der Waals surface area contributed by atoms with Crippen molar-refractivity contribution >= 4 is 16.7 Å². The quantitative estimate of drug-likeness (QED) is 0.887. The summed E-state index contributed by atoms with van der Waals surface area (Å²) in [6.45, 7) is 3.47. The average molecular weight is 317 g/mol. The van der Waals surface area contributed by atoms with Crippen LogP contribution in [0.4, 0.5) is 5.13 Å². The molecule has 0 amide bonds. The number of anilines is 1. The molecule has 0 aliphatic heterocycles. The van der Waals surface area contributed by atoms with Crippen LogP contribution in [0.15, 0.2) is 30.3 Å². The summed E-state index contributed by atoms with van der Waals surface area (Å²) in [7, 11) is 0. The Labute approximate surface area is 136 Å². The van der Waals surface area contributed by atoms with Crippen LogP contribution >= 0.6 is 11.5 Å². The van der Waals surface area contributed by atoms with Gasteiger partial charge in [0.25, 0.3) is 0 Å². The number of rotatable bonds is 6. The van der Waals surface area contributed by atoms with Gasteiger partial charge in [-0.25, -0.2) is 4.98 Å². The van der Waals surface area contributed by atoms with Crippen molar-refractivity contribution in [1.29, 1.82) is 0 Å². The topological polar surface area (TPSA) is 49.2 Å². The van der Waals surface area contributed by atoms with Crippen molar-refractivity contribution in [1.82, 2.24) is 9.36 Å². The Bertz CT molecular complexity index is 593. The smallest absolute Gasteiger partial charge is 0.205 e. The molecular formula is C17H23N3OS. The van der Waals surface area contributed by atoms with Gasteiger partial charge in [0.1, 0.15) is 5.82 Å². The van der Waals surface area contributed by atoms with E-state index in [0.717, 1.165) is 49.6 Å². The minimum absolute atomic E-state index is 0.577. The van der Waals surface area contributed by atoms with Crippen molar-refractivity contribution in [3.8, 4) is 0 Å². The molecule has 0 bridgehead atoms. The minimum Gasteiger partial charge on any atom is -0.388 e. The fourth-order valence-electron chi connectivity index (χ4n) is 3.06. The van der Waals surface area contributed by atoms with E-state index in [2.05, 4.69) is 45.4 Å². The summed E-state index contributed by atoms with van der Waals surface area (Å²) >= 11 is 1.44.